The lowest BCUT2D eigenvalue weighted by Crippen LogP contribution is -2.37. The second-order valence-electron chi connectivity index (χ2n) is 3.96. The van der Waals surface area contributed by atoms with Gasteiger partial charge in [0.2, 0.25) is 5.82 Å². The number of rotatable bonds is 8. The van der Waals surface area contributed by atoms with Crippen LogP contribution in [0.25, 0.3) is 5.70 Å². The van der Waals surface area contributed by atoms with Crippen molar-refractivity contribution in [3.05, 3.63) is 30.4 Å². The SMILES string of the molecule is C=C/C=C(\N=C/C)c1nnc(C(=O)N(CCO)CCO)nn1. The predicted molar refractivity (Wildman–Crippen MR) is 80.0 cm³/mol. The molecule has 0 saturated carbocycles. The van der Waals surface area contributed by atoms with Crippen LogP contribution in [0.4, 0.5) is 0 Å². The lowest BCUT2D eigenvalue weighted by atomic mass is 10.4. The Labute approximate surface area is 127 Å². The number of carbonyl (C=O) groups is 1. The van der Waals surface area contributed by atoms with E-state index in [1.54, 1.807) is 19.2 Å². The minimum Gasteiger partial charge on any atom is -0.395 e. The molecule has 2 N–H and O–H groups in total. The van der Waals surface area contributed by atoms with Crippen molar-refractivity contribution in [1.29, 1.82) is 0 Å². The van der Waals surface area contributed by atoms with Gasteiger partial charge >= 0.3 is 0 Å². The summed E-state index contributed by atoms with van der Waals surface area (Å²) in [6, 6.07) is 0. The van der Waals surface area contributed by atoms with Crippen LogP contribution < -0.4 is 0 Å². The fourth-order valence-corrected chi connectivity index (χ4v) is 1.54. The number of hydrogen-bond donors (Lipinski definition) is 2. The number of amides is 1. The zero-order valence-corrected chi connectivity index (χ0v) is 12.3. The number of allylic oxidation sites excluding steroid dienone is 2. The van der Waals surface area contributed by atoms with Crippen LogP contribution >= 0.6 is 0 Å². The van der Waals surface area contributed by atoms with E-state index in [4.69, 9.17) is 10.2 Å². The largest absolute Gasteiger partial charge is 0.395 e. The maximum atomic E-state index is 12.1. The van der Waals surface area contributed by atoms with E-state index in [0.717, 1.165) is 0 Å². The summed E-state index contributed by atoms with van der Waals surface area (Å²) in [5, 5.41) is 32.9. The summed E-state index contributed by atoms with van der Waals surface area (Å²) < 4.78 is 0. The lowest BCUT2D eigenvalue weighted by Gasteiger charge is -2.18. The van der Waals surface area contributed by atoms with E-state index in [9.17, 15) is 4.79 Å². The first kappa shape index (κ1) is 17.5. The summed E-state index contributed by atoms with van der Waals surface area (Å²) in [6.45, 7) is 4.95. The van der Waals surface area contributed by atoms with E-state index < -0.39 is 5.91 Å². The molecular weight excluding hydrogens is 288 g/mol. The molecule has 9 nitrogen and oxygen atoms in total. The highest BCUT2D eigenvalue weighted by Gasteiger charge is 2.19. The molecule has 0 aliphatic rings. The zero-order chi connectivity index (χ0) is 16.4. The van der Waals surface area contributed by atoms with Gasteiger partial charge in [-0.25, -0.2) is 0 Å². The summed E-state index contributed by atoms with van der Waals surface area (Å²) in [6.07, 6.45) is 4.67. The Hall–Kier alpha value is -2.52. The standard InChI is InChI=1S/C13H18N6O3/c1-3-5-10(14-4-2)11-15-17-12(18-16-11)13(22)19(6-8-20)7-9-21/h3-5,20-21H,1,6-9H2,2H3/b10-5-,14-4-. The molecule has 1 aromatic heterocycles. The summed E-state index contributed by atoms with van der Waals surface area (Å²) in [7, 11) is 0. The van der Waals surface area contributed by atoms with Crippen LogP contribution in [-0.2, 0) is 0 Å². The number of hydrogen-bond acceptors (Lipinski definition) is 8. The minimum atomic E-state index is -0.567. The monoisotopic (exact) mass is 306 g/mol. The average Bonchev–Trinajstić information content (AvgIpc) is 2.54. The third-order valence-electron chi connectivity index (χ3n) is 2.47. The Kier molecular flexibility index (Phi) is 7.51. The van der Waals surface area contributed by atoms with Gasteiger partial charge in [-0.3, -0.25) is 9.79 Å². The molecule has 1 aromatic rings. The van der Waals surface area contributed by atoms with Crippen LogP contribution in [0.15, 0.2) is 23.7 Å². The molecule has 0 atom stereocenters. The summed E-state index contributed by atoms with van der Waals surface area (Å²) >= 11 is 0. The molecule has 1 rings (SSSR count). The van der Waals surface area contributed by atoms with Crippen molar-refractivity contribution in [1.82, 2.24) is 25.3 Å². The molecule has 0 bridgehead atoms. The quantitative estimate of drug-likeness (QED) is 0.481. The van der Waals surface area contributed by atoms with Crippen LogP contribution in [0, 0.1) is 0 Å². The van der Waals surface area contributed by atoms with Crippen molar-refractivity contribution in [3.63, 3.8) is 0 Å². The number of aromatic nitrogens is 4. The topological polar surface area (TPSA) is 125 Å². The lowest BCUT2D eigenvalue weighted by molar-refractivity contribution is 0.0669. The molecule has 0 unspecified atom stereocenters. The van der Waals surface area contributed by atoms with Crippen molar-refractivity contribution in [3.8, 4) is 0 Å². The summed E-state index contributed by atoms with van der Waals surface area (Å²) in [5.74, 6) is -0.627. The predicted octanol–water partition coefficient (Wildman–Crippen LogP) is -0.689. The van der Waals surface area contributed by atoms with E-state index in [0.29, 0.717) is 5.70 Å². The van der Waals surface area contributed by atoms with E-state index in [1.165, 1.54) is 11.0 Å². The number of aliphatic imine (C=N–C) groups is 1. The van der Waals surface area contributed by atoms with Gasteiger partial charge in [0.1, 0.15) is 5.70 Å². The van der Waals surface area contributed by atoms with Crippen LogP contribution in [0.5, 0.6) is 0 Å². The maximum Gasteiger partial charge on any atom is 0.295 e. The molecule has 22 heavy (non-hydrogen) atoms. The Morgan fingerprint density at radius 1 is 1.18 bits per heavy atom. The van der Waals surface area contributed by atoms with Crippen molar-refractivity contribution < 1.29 is 15.0 Å². The van der Waals surface area contributed by atoms with E-state index >= 15 is 0 Å². The Morgan fingerprint density at radius 2 is 1.73 bits per heavy atom. The second kappa shape index (κ2) is 9.42. The third kappa shape index (κ3) is 4.79. The normalized spacial score (nSPS) is 11.7. The molecule has 0 saturated heterocycles. The van der Waals surface area contributed by atoms with Crippen LogP contribution in [0.1, 0.15) is 23.4 Å². The fourth-order valence-electron chi connectivity index (χ4n) is 1.54. The molecule has 0 radical (unpaired) electrons. The van der Waals surface area contributed by atoms with E-state index in [-0.39, 0.29) is 38.0 Å². The minimum absolute atomic E-state index is 0.0618. The van der Waals surface area contributed by atoms with Gasteiger partial charge in [0.05, 0.1) is 13.2 Å². The van der Waals surface area contributed by atoms with Gasteiger partial charge in [-0.15, -0.1) is 20.4 Å². The van der Waals surface area contributed by atoms with Gasteiger partial charge < -0.3 is 15.1 Å². The highest BCUT2D eigenvalue weighted by Crippen LogP contribution is 2.09. The zero-order valence-electron chi connectivity index (χ0n) is 12.3. The molecular formula is C13H18N6O3. The molecule has 9 heteroatoms. The highest BCUT2D eigenvalue weighted by atomic mass is 16.3. The van der Waals surface area contributed by atoms with Gasteiger partial charge in [0, 0.05) is 19.3 Å². The molecule has 118 valence electrons. The van der Waals surface area contributed by atoms with Crippen LogP contribution in [0.2, 0.25) is 0 Å². The summed E-state index contributed by atoms with van der Waals surface area (Å²) in [5.41, 5.74) is 0.416. The summed E-state index contributed by atoms with van der Waals surface area (Å²) in [4.78, 5) is 17.4. The highest BCUT2D eigenvalue weighted by molar-refractivity contribution is 5.90. The first-order valence-corrected chi connectivity index (χ1v) is 6.58. The maximum absolute atomic E-state index is 12.1. The third-order valence-corrected chi connectivity index (χ3v) is 2.47. The number of carbonyl (C=O) groups excluding carboxylic acids is 1. The van der Waals surface area contributed by atoms with Gasteiger partial charge in [-0.1, -0.05) is 12.7 Å². The van der Waals surface area contributed by atoms with Gasteiger partial charge in [0.15, 0.2) is 0 Å². The van der Waals surface area contributed by atoms with Crippen LogP contribution in [0.3, 0.4) is 0 Å². The number of aliphatic hydroxyl groups is 2. The smallest absolute Gasteiger partial charge is 0.295 e. The molecule has 0 aliphatic heterocycles. The Balaban J connectivity index is 2.98. The van der Waals surface area contributed by atoms with Crippen molar-refractivity contribution >= 4 is 17.8 Å². The second-order valence-corrected chi connectivity index (χ2v) is 3.96. The van der Waals surface area contributed by atoms with Gasteiger partial charge in [0.25, 0.3) is 11.7 Å². The Bertz CT molecular complexity index is 549. The van der Waals surface area contributed by atoms with Crippen molar-refractivity contribution in [2.45, 2.75) is 6.92 Å². The van der Waals surface area contributed by atoms with Gasteiger partial charge in [-0.2, -0.15) is 0 Å². The number of aliphatic hydroxyl groups excluding tert-OH is 2. The van der Waals surface area contributed by atoms with Gasteiger partial charge in [-0.05, 0) is 13.0 Å². The first-order valence-electron chi connectivity index (χ1n) is 6.58. The molecule has 0 aromatic carbocycles. The van der Waals surface area contributed by atoms with Crippen molar-refractivity contribution in [2.24, 2.45) is 4.99 Å². The molecule has 0 aliphatic carbocycles. The Morgan fingerprint density at radius 3 is 2.18 bits per heavy atom. The number of nitrogens with zero attached hydrogens (tertiary/aromatic N) is 6. The first-order chi connectivity index (χ1) is 10.7. The molecule has 1 heterocycles. The molecule has 0 spiro atoms. The van der Waals surface area contributed by atoms with Crippen LogP contribution in [-0.4, -0.2) is 73.9 Å². The van der Waals surface area contributed by atoms with Crippen molar-refractivity contribution in [2.75, 3.05) is 26.3 Å². The fraction of sp³-hybridized carbons (Fsp3) is 0.385. The molecule has 0 fully saturated rings. The van der Waals surface area contributed by atoms with E-state index in [1.807, 2.05) is 0 Å². The average molecular weight is 306 g/mol. The van der Waals surface area contributed by atoms with E-state index in [2.05, 4.69) is 32.0 Å². The molecule has 1 amide bonds.